The Bertz CT molecular complexity index is 799. The molecule has 10 heteroatoms. The minimum Gasteiger partial charge on any atom is -0.379 e. The maximum atomic E-state index is 13.2. The zero-order chi connectivity index (χ0) is 22.9. The number of sulfonamides is 1. The highest BCUT2D eigenvalue weighted by molar-refractivity contribution is 7.88. The van der Waals surface area contributed by atoms with Crippen LogP contribution in [-0.4, -0.2) is 74.6 Å². The molecule has 0 aliphatic rings. The first-order chi connectivity index (χ1) is 13.9. The summed E-state index contributed by atoms with van der Waals surface area (Å²) in [5, 5.41) is 2.77. The van der Waals surface area contributed by atoms with Crippen LogP contribution in [0.1, 0.15) is 32.8 Å². The van der Waals surface area contributed by atoms with Crippen molar-refractivity contribution in [2.24, 2.45) is 0 Å². The molecule has 1 rings (SSSR count). The Balaban J connectivity index is 2.85. The highest BCUT2D eigenvalue weighted by Gasteiger charge is 2.28. The summed E-state index contributed by atoms with van der Waals surface area (Å²) < 4.78 is 42.9. The Morgan fingerprint density at radius 3 is 2.30 bits per heavy atom. The zero-order valence-corrected chi connectivity index (χ0v) is 19.0. The SMILES string of the molecule is CC(C)OCCCNC(=O)[C@H](C)N(Cc1ccc(F)cc1)C(=O)CN(C)S(C)(=O)=O. The van der Waals surface area contributed by atoms with E-state index in [1.807, 2.05) is 13.8 Å². The normalized spacial score (nSPS) is 12.8. The second kappa shape index (κ2) is 12.0. The van der Waals surface area contributed by atoms with Gasteiger partial charge in [-0.05, 0) is 44.9 Å². The Morgan fingerprint density at radius 1 is 1.17 bits per heavy atom. The highest BCUT2D eigenvalue weighted by atomic mass is 32.2. The summed E-state index contributed by atoms with van der Waals surface area (Å²) in [7, 11) is -2.27. The molecule has 1 aromatic rings. The third kappa shape index (κ3) is 9.19. The fourth-order valence-corrected chi connectivity index (χ4v) is 2.86. The van der Waals surface area contributed by atoms with Crippen LogP contribution in [0.25, 0.3) is 0 Å². The van der Waals surface area contributed by atoms with Crippen LogP contribution in [0.4, 0.5) is 4.39 Å². The molecule has 0 saturated heterocycles. The fraction of sp³-hybridized carbons (Fsp3) is 0.600. The molecule has 0 heterocycles. The van der Waals surface area contributed by atoms with Gasteiger partial charge in [0, 0.05) is 26.7 Å². The van der Waals surface area contributed by atoms with Crippen LogP contribution in [0.15, 0.2) is 24.3 Å². The molecule has 0 aromatic heterocycles. The first-order valence-electron chi connectivity index (χ1n) is 9.76. The molecule has 0 saturated carbocycles. The number of carbonyl (C=O) groups excluding carboxylic acids is 2. The van der Waals surface area contributed by atoms with Gasteiger partial charge in [-0.1, -0.05) is 12.1 Å². The van der Waals surface area contributed by atoms with Crippen LogP contribution < -0.4 is 5.32 Å². The van der Waals surface area contributed by atoms with Crippen molar-refractivity contribution >= 4 is 21.8 Å². The van der Waals surface area contributed by atoms with Gasteiger partial charge in [-0.3, -0.25) is 9.59 Å². The lowest BCUT2D eigenvalue weighted by molar-refractivity contribution is -0.140. The van der Waals surface area contributed by atoms with Crippen LogP contribution in [0.2, 0.25) is 0 Å². The van der Waals surface area contributed by atoms with Crippen LogP contribution in [0, 0.1) is 5.82 Å². The molecule has 8 nitrogen and oxygen atoms in total. The molecule has 170 valence electrons. The summed E-state index contributed by atoms with van der Waals surface area (Å²) in [6.45, 7) is 5.95. The van der Waals surface area contributed by atoms with Gasteiger partial charge >= 0.3 is 0 Å². The van der Waals surface area contributed by atoms with Gasteiger partial charge < -0.3 is 15.0 Å². The van der Waals surface area contributed by atoms with E-state index in [2.05, 4.69) is 5.32 Å². The monoisotopic (exact) mass is 445 g/mol. The molecule has 0 spiro atoms. The number of halogens is 1. The maximum absolute atomic E-state index is 13.2. The van der Waals surface area contributed by atoms with Crippen molar-refractivity contribution in [2.45, 2.75) is 45.9 Å². The maximum Gasteiger partial charge on any atom is 0.242 e. The Hall–Kier alpha value is -2.04. The molecule has 1 aromatic carbocycles. The van der Waals surface area contributed by atoms with E-state index in [4.69, 9.17) is 4.74 Å². The quantitative estimate of drug-likeness (QED) is 0.490. The molecule has 0 unspecified atom stereocenters. The van der Waals surface area contributed by atoms with E-state index in [1.54, 1.807) is 6.92 Å². The number of carbonyl (C=O) groups is 2. The third-order valence-corrected chi connectivity index (χ3v) is 5.69. The largest absolute Gasteiger partial charge is 0.379 e. The lowest BCUT2D eigenvalue weighted by Crippen LogP contribution is -2.50. The van der Waals surface area contributed by atoms with Crippen molar-refractivity contribution in [3.05, 3.63) is 35.6 Å². The van der Waals surface area contributed by atoms with E-state index in [0.717, 1.165) is 10.6 Å². The van der Waals surface area contributed by atoms with Crippen LogP contribution in [-0.2, 0) is 30.9 Å². The number of hydrogen-bond donors (Lipinski definition) is 1. The molecule has 30 heavy (non-hydrogen) atoms. The topological polar surface area (TPSA) is 96.0 Å². The number of benzene rings is 1. The van der Waals surface area contributed by atoms with Gasteiger partial charge in [-0.2, -0.15) is 4.31 Å². The summed E-state index contributed by atoms with van der Waals surface area (Å²) in [5.74, 6) is -1.31. The molecule has 0 bridgehead atoms. The molecule has 0 fully saturated rings. The summed E-state index contributed by atoms with van der Waals surface area (Å²) >= 11 is 0. The highest BCUT2D eigenvalue weighted by Crippen LogP contribution is 2.12. The average Bonchev–Trinajstić information content (AvgIpc) is 2.65. The minimum atomic E-state index is -3.56. The van der Waals surface area contributed by atoms with Crippen LogP contribution in [0.5, 0.6) is 0 Å². The number of nitrogens with zero attached hydrogens (tertiary/aromatic N) is 2. The van der Waals surface area contributed by atoms with Crippen LogP contribution >= 0.6 is 0 Å². The predicted octanol–water partition coefficient (Wildman–Crippen LogP) is 1.37. The number of hydrogen-bond acceptors (Lipinski definition) is 5. The molecule has 0 aliphatic carbocycles. The van der Waals surface area contributed by atoms with Crippen molar-refractivity contribution in [3.63, 3.8) is 0 Å². The van der Waals surface area contributed by atoms with Crippen molar-refractivity contribution in [3.8, 4) is 0 Å². The summed E-state index contributed by atoms with van der Waals surface area (Å²) in [6, 6.07) is 4.72. The Kier molecular flexibility index (Phi) is 10.4. The first kappa shape index (κ1) is 26.0. The smallest absolute Gasteiger partial charge is 0.242 e. The van der Waals surface area contributed by atoms with E-state index in [1.165, 1.54) is 36.2 Å². The number of rotatable bonds is 12. The van der Waals surface area contributed by atoms with Gasteiger partial charge in [-0.15, -0.1) is 0 Å². The molecule has 0 radical (unpaired) electrons. The molecule has 2 amide bonds. The van der Waals surface area contributed by atoms with Crippen molar-refractivity contribution < 1.29 is 27.1 Å². The van der Waals surface area contributed by atoms with Gasteiger partial charge in [0.2, 0.25) is 21.8 Å². The van der Waals surface area contributed by atoms with Gasteiger partial charge in [-0.25, -0.2) is 12.8 Å². The van der Waals surface area contributed by atoms with Crippen molar-refractivity contribution in [1.29, 1.82) is 0 Å². The van der Waals surface area contributed by atoms with E-state index >= 15 is 0 Å². The lowest BCUT2D eigenvalue weighted by Gasteiger charge is -2.30. The Morgan fingerprint density at radius 2 is 1.77 bits per heavy atom. The Labute approximate surface area is 178 Å². The van der Waals surface area contributed by atoms with E-state index in [9.17, 15) is 22.4 Å². The van der Waals surface area contributed by atoms with Gasteiger partial charge in [0.05, 0.1) is 18.9 Å². The zero-order valence-electron chi connectivity index (χ0n) is 18.2. The second-order valence-corrected chi connectivity index (χ2v) is 9.50. The van der Waals surface area contributed by atoms with Crippen molar-refractivity contribution in [2.75, 3.05) is 33.0 Å². The third-order valence-electron chi connectivity index (χ3n) is 4.43. The summed E-state index contributed by atoms with van der Waals surface area (Å²) in [6.07, 6.45) is 1.73. The number of ether oxygens (including phenoxy) is 1. The summed E-state index contributed by atoms with van der Waals surface area (Å²) in [4.78, 5) is 26.7. The second-order valence-electron chi connectivity index (χ2n) is 7.41. The van der Waals surface area contributed by atoms with Crippen LogP contribution in [0.3, 0.4) is 0 Å². The number of nitrogens with one attached hydrogen (secondary N) is 1. The first-order valence-corrected chi connectivity index (χ1v) is 11.6. The van der Waals surface area contributed by atoms with E-state index in [-0.39, 0.29) is 18.6 Å². The molecule has 1 atom stereocenters. The lowest BCUT2D eigenvalue weighted by atomic mass is 10.1. The predicted molar refractivity (Wildman–Crippen MR) is 113 cm³/mol. The molecular weight excluding hydrogens is 413 g/mol. The standard InChI is InChI=1S/C20H32FN3O5S/c1-15(2)29-12-6-11-22-20(26)16(3)24(13-17-7-9-18(21)10-8-17)19(25)14-23(4)30(5,27)28/h7-10,15-16H,6,11-14H2,1-5H3,(H,22,26)/t16-/m0/s1. The van der Waals surface area contributed by atoms with Gasteiger partial charge in [0.25, 0.3) is 0 Å². The van der Waals surface area contributed by atoms with E-state index in [0.29, 0.717) is 25.1 Å². The average molecular weight is 446 g/mol. The van der Waals surface area contributed by atoms with Gasteiger partial charge in [0.15, 0.2) is 0 Å². The number of likely N-dealkylation sites (N-methyl/N-ethyl adjacent to an activating group) is 1. The number of amides is 2. The van der Waals surface area contributed by atoms with Gasteiger partial charge in [0.1, 0.15) is 11.9 Å². The van der Waals surface area contributed by atoms with Crippen molar-refractivity contribution in [1.82, 2.24) is 14.5 Å². The minimum absolute atomic E-state index is 0.0434. The molecule has 1 N–H and O–H groups in total. The molecular formula is C20H32FN3O5S. The fourth-order valence-electron chi connectivity index (χ4n) is 2.52. The van der Waals surface area contributed by atoms with E-state index < -0.39 is 34.3 Å². The molecule has 0 aliphatic heterocycles. The summed E-state index contributed by atoms with van der Waals surface area (Å²) in [5.41, 5.74) is 0.622.